The fourth-order valence-electron chi connectivity index (χ4n) is 1.48. The van der Waals surface area contributed by atoms with Crippen LogP contribution in [0.5, 0.6) is 0 Å². The van der Waals surface area contributed by atoms with Crippen LogP contribution in [0.3, 0.4) is 0 Å². The van der Waals surface area contributed by atoms with Crippen molar-refractivity contribution in [2.75, 3.05) is 18.4 Å². The highest BCUT2D eigenvalue weighted by molar-refractivity contribution is 6.33. The van der Waals surface area contributed by atoms with Gasteiger partial charge in [-0.05, 0) is 39.3 Å². The van der Waals surface area contributed by atoms with Crippen molar-refractivity contribution in [1.29, 1.82) is 0 Å². The van der Waals surface area contributed by atoms with E-state index in [4.69, 9.17) is 11.6 Å². The molecule has 1 aromatic carbocycles. The minimum Gasteiger partial charge on any atom is -0.382 e. The number of hydrogen-bond acceptors (Lipinski definition) is 2. The largest absolute Gasteiger partial charge is 0.382 e. The Morgan fingerprint density at radius 2 is 1.88 bits per heavy atom. The van der Waals surface area contributed by atoms with Crippen LogP contribution in [-0.2, 0) is 0 Å². The van der Waals surface area contributed by atoms with Gasteiger partial charge in [-0.1, -0.05) is 23.7 Å². The maximum Gasteiger partial charge on any atom is 0.0640 e. The smallest absolute Gasteiger partial charge is 0.0640 e. The van der Waals surface area contributed by atoms with Crippen molar-refractivity contribution in [3.05, 3.63) is 28.8 Å². The summed E-state index contributed by atoms with van der Waals surface area (Å²) in [6, 6.07) is 5.94. The first kappa shape index (κ1) is 13.3. The third kappa shape index (κ3) is 4.42. The minimum absolute atomic E-state index is 0.164. The van der Waals surface area contributed by atoms with Crippen LogP contribution in [0.1, 0.15) is 26.3 Å². The summed E-state index contributed by atoms with van der Waals surface area (Å²) in [4.78, 5) is 0. The normalized spacial score (nSPS) is 11.6. The van der Waals surface area contributed by atoms with Crippen molar-refractivity contribution in [2.24, 2.45) is 0 Å². The summed E-state index contributed by atoms with van der Waals surface area (Å²) >= 11 is 6.12. The molecule has 0 aliphatic carbocycles. The Labute approximate surface area is 103 Å². The Morgan fingerprint density at radius 1 is 1.19 bits per heavy atom. The van der Waals surface area contributed by atoms with E-state index in [0.29, 0.717) is 0 Å². The number of halogens is 1. The Kier molecular flexibility index (Phi) is 4.63. The number of rotatable bonds is 4. The first-order valence-electron chi connectivity index (χ1n) is 5.64. The van der Waals surface area contributed by atoms with Crippen LogP contribution in [0.2, 0.25) is 5.02 Å². The molecule has 1 rings (SSSR count). The average molecular weight is 241 g/mol. The SMILES string of the molecule is Cc1cccc(Cl)c1NCCNC(C)(C)C. The fourth-order valence-corrected chi connectivity index (χ4v) is 1.77. The molecule has 0 unspecified atom stereocenters. The molecule has 2 N–H and O–H groups in total. The molecule has 0 bridgehead atoms. The van der Waals surface area contributed by atoms with Crippen molar-refractivity contribution in [2.45, 2.75) is 33.2 Å². The Balaban J connectivity index is 2.43. The van der Waals surface area contributed by atoms with Gasteiger partial charge in [0.15, 0.2) is 0 Å². The van der Waals surface area contributed by atoms with E-state index in [-0.39, 0.29) is 5.54 Å². The van der Waals surface area contributed by atoms with Gasteiger partial charge in [-0.15, -0.1) is 0 Å². The van der Waals surface area contributed by atoms with Gasteiger partial charge in [0.1, 0.15) is 0 Å². The fraction of sp³-hybridized carbons (Fsp3) is 0.538. The number of hydrogen-bond donors (Lipinski definition) is 2. The van der Waals surface area contributed by atoms with E-state index in [9.17, 15) is 0 Å². The van der Waals surface area contributed by atoms with Gasteiger partial charge >= 0.3 is 0 Å². The molecule has 3 heteroatoms. The average Bonchev–Trinajstić information content (AvgIpc) is 2.14. The first-order chi connectivity index (χ1) is 7.40. The first-order valence-corrected chi connectivity index (χ1v) is 6.02. The molecule has 0 saturated heterocycles. The molecule has 1 aromatic rings. The van der Waals surface area contributed by atoms with E-state index < -0.39 is 0 Å². The van der Waals surface area contributed by atoms with Crippen LogP contribution in [0.25, 0.3) is 0 Å². The molecule has 0 aliphatic rings. The highest BCUT2D eigenvalue weighted by Crippen LogP contribution is 2.24. The van der Waals surface area contributed by atoms with Crippen molar-refractivity contribution in [3.63, 3.8) is 0 Å². The highest BCUT2D eigenvalue weighted by atomic mass is 35.5. The van der Waals surface area contributed by atoms with Gasteiger partial charge in [0.05, 0.1) is 10.7 Å². The standard InChI is InChI=1S/C13H21ClN2/c1-10-6-5-7-11(14)12(10)15-8-9-16-13(2,3)4/h5-7,15-16H,8-9H2,1-4H3. The van der Waals surface area contributed by atoms with E-state index in [1.54, 1.807) is 0 Å². The second-order valence-electron chi connectivity index (χ2n) is 5.04. The molecule has 16 heavy (non-hydrogen) atoms. The summed E-state index contributed by atoms with van der Waals surface area (Å²) in [5.41, 5.74) is 2.39. The van der Waals surface area contributed by atoms with E-state index in [1.807, 2.05) is 12.1 Å². The Bertz CT molecular complexity index is 322. The van der Waals surface area contributed by atoms with Gasteiger partial charge in [0.2, 0.25) is 0 Å². The summed E-state index contributed by atoms with van der Waals surface area (Å²) < 4.78 is 0. The van der Waals surface area contributed by atoms with Gasteiger partial charge in [-0.25, -0.2) is 0 Å². The van der Waals surface area contributed by atoms with Crippen molar-refractivity contribution < 1.29 is 0 Å². The predicted molar refractivity (Wildman–Crippen MR) is 72.4 cm³/mol. The lowest BCUT2D eigenvalue weighted by Crippen LogP contribution is -2.38. The molecule has 0 amide bonds. The van der Waals surface area contributed by atoms with Crippen molar-refractivity contribution >= 4 is 17.3 Å². The second kappa shape index (κ2) is 5.55. The van der Waals surface area contributed by atoms with E-state index >= 15 is 0 Å². The number of para-hydroxylation sites is 1. The molecule has 2 nitrogen and oxygen atoms in total. The molecule has 0 aliphatic heterocycles. The van der Waals surface area contributed by atoms with Crippen LogP contribution in [0.15, 0.2) is 18.2 Å². The van der Waals surface area contributed by atoms with Gasteiger partial charge in [0, 0.05) is 18.6 Å². The second-order valence-corrected chi connectivity index (χ2v) is 5.44. The van der Waals surface area contributed by atoms with Crippen LogP contribution < -0.4 is 10.6 Å². The highest BCUT2D eigenvalue weighted by Gasteiger charge is 2.07. The molecule has 0 radical (unpaired) electrons. The number of nitrogens with one attached hydrogen (secondary N) is 2. The monoisotopic (exact) mass is 240 g/mol. The van der Waals surface area contributed by atoms with Crippen LogP contribution in [0.4, 0.5) is 5.69 Å². The topological polar surface area (TPSA) is 24.1 Å². The minimum atomic E-state index is 0.164. The van der Waals surface area contributed by atoms with Gasteiger partial charge in [0.25, 0.3) is 0 Å². The molecule has 0 heterocycles. The molecule has 0 aromatic heterocycles. The summed E-state index contributed by atoms with van der Waals surface area (Å²) in [5.74, 6) is 0. The van der Waals surface area contributed by atoms with Crippen molar-refractivity contribution in [3.8, 4) is 0 Å². The van der Waals surface area contributed by atoms with Gasteiger partial charge in [-0.2, -0.15) is 0 Å². The molecule has 0 spiro atoms. The molecular weight excluding hydrogens is 220 g/mol. The quantitative estimate of drug-likeness (QED) is 0.788. The number of benzene rings is 1. The van der Waals surface area contributed by atoms with E-state index in [2.05, 4.69) is 44.4 Å². The summed E-state index contributed by atoms with van der Waals surface area (Å²) in [6.07, 6.45) is 0. The lowest BCUT2D eigenvalue weighted by Gasteiger charge is -2.21. The summed E-state index contributed by atoms with van der Waals surface area (Å²) in [7, 11) is 0. The lowest BCUT2D eigenvalue weighted by molar-refractivity contribution is 0.435. The maximum absolute atomic E-state index is 6.12. The van der Waals surface area contributed by atoms with Gasteiger partial charge in [-0.3, -0.25) is 0 Å². The zero-order valence-electron chi connectivity index (χ0n) is 10.5. The molecular formula is C13H21ClN2. The third-order valence-electron chi connectivity index (χ3n) is 2.30. The lowest BCUT2D eigenvalue weighted by atomic mass is 10.1. The summed E-state index contributed by atoms with van der Waals surface area (Å²) in [5, 5.41) is 7.57. The van der Waals surface area contributed by atoms with Crippen molar-refractivity contribution in [1.82, 2.24) is 5.32 Å². The molecule has 0 saturated carbocycles. The third-order valence-corrected chi connectivity index (χ3v) is 2.62. The number of aryl methyl sites for hydroxylation is 1. The van der Waals surface area contributed by atoms with Crippen LogP contribution in [0, 0.1) is 6.92 Å². The predicted octanol–water partition coefficient (Wildman–Crippen LogP) is 3.45. The molecule has 90 valence electrons. The van der Waals surface area contributed by atoms with E-state index in [1.165, 1.54) is 5.56 Å². The zero-order chi connectivity index (χ0) is 12.2. The Hall–Kier alpha value is -0.730. The van der Waals surface area contributed by atoms with Crippen LogP contribution >= 0.6 is 11.6 Å². The molecule has 0 atom stereocenters. The van der Waals surface area contributed by atoms with E-state index in [0.717, 1.165) is 23.8 Å². The van der Waals surface area contributed by atoms with Crippen LogP contribution in [-0.4, -0.2) is 18.6 Å². The Morgan fingerprint density at radius 3 is 2.44 bits per heavy atom. The molecule has 0 fully saturated rings. The number of anilines is 1. The zero-order valence-corrected chi connectivity index (χ0v) is 11.3. The maximum atomic E-state index is 6.12. The van der Waals surface area contributed by atoms with Gasteiger partial charge < -0.3 is 10.6 Å². The summed E-state index contributed by atoms with van der Waals surface area (Å²) in [6.45, 7) is 10.3.